The first kappa shape index (κ1) is 18.7. The van der Waals surface area contributed by atoms with E-state index in [0.717, 1.165) is 11.6 Å². The van der Waals surface area contributed by atoms with Crippen molar-refractivity contribution in [1.82, 2.24) is 4.98 Å². The SMILES string of the molecule is OC1(c2cc(C(F)(F)F)nc3c(C(F)(F)F)cccc23)CCc2ccccc21. The van der Waals surface area contributed by atoms with E-state index in [1.165, 1.54) is 6.07 Å². The number of hydrogen-bond acceptors (Lipinski definition) is 2. The summed E-state index contributed by atoms with van der Waals surface area (Å²) in [6.45, 7) is 0. The minimum Gasteiger partial charge on any atom is -0.380 e. The van der Waals surface area contributed by atoms with Crippen molar-refractivity contribution < 1.29 is 31.4 Å². The maximum atomic E-state index is 13.4. The van der Waals surface area contributed by atoms with Crippen LogP contribution in [0.3, 0.4) is 0 Å². The van der Waals surface area contributed by atoms with Gasteiger partial charge in [-0.25, -0.2) is 4.98 Å². The summed E-state index contributed by atoms with van der Waals surface area (Å²) >= 11 is 0. The number of hydrogen-bond donors (Lipinski definition) is 1. The molecule has 2 aromatic carbocycles. The molecule has 28 heavy (non-hydrogen) atoms. The number of halogens is 6. The summed E-state index contributed by atoms with van der Waals surface area (Å²) in [6.07, 6.45) is -9.38. The lowest BCUT2D eigenvalue weighted by Crippen LogP contribution is -2.26. The van der Waals surface area contributed by atoms with Crippen LogP contribution in [-0.4, -0.2) is 10.1 Å². The molecule has 1 atom stereocenters. The minimum atomic E-state index is -4.96. The number of para-hydroxylation sites is 1. The number of pyridine rings is 1. The van der Waals surface area contributed by atoms with Crippen molar-refractivity contribution in [3.63, 3.8) is 0 Å². The van der Waals surface area contributed by atoms with E-state index < -0.39 is 34.7 Å². The van der Waals surface area contributed by atoms with Crippen molar-refractivity contribution in [2.75, 3.05) is 0 Å². The zero-order valence-corrected chi connectivity index (χ0v) is 14.2. The highest BCUT2D eigenvalue weighted by molar-refractivity contribution is 5.87. The third kappa shape index (κ3) is 2.83. The first-order chi connectivity index (χ1) is 13.0. The number of benzene rings is 2. The number of aliphatic hydroxyl groups is 1. The van der Waals surface area contributed by atoms with E-state index in [9.17, 15) is 31.4 Å². The molecule has 0 saturated carbocycles. The molecule has 8 heteroatoms. The molecule has 0 fully saturated rings. The highest BCUT2D eigenvalue weighted by Crippen LogP contribution is 2.47. The van der Waals surface area contributed by atoms with Gasteiger partial charge in [0.25, 0.3) is 0 Å². The Morgan fingerprint density at radius 2 is 1.57 bits per heavy atom. The smallest absolute Gasteiger partial charge is 0.380 e. The Balaban J connectivity index is 2.09. The number of alkyl halides is 6. The van der Waals surface area contributed by atoms with Crippen LogP contribution in [-0.2, 0) is 24.4 Å². The molecule has 146 valence electrons. The number of rotatable bonds is 1. The van der Waals surface area contributed by atoms with Gasteiger partial charge in [0.2, 0.25) is 0 Å². The quantitative estimate of drug-likeness (QED) is 0.554. The molecular formula is C20H13F6NO. The van der Waals surface area contributed by atoms with E-state index in [2.05, 4.69) is 4.98 Å². The van der Waals surface area contributed by atoms with Gasteiger partial charge in [0.05, 0.1) is 11.1 Å². The van der Waals surface area contributed by atoms with E-state index in [1.54, 1.807) is 24.3 Å². The number of aromatic nitrogens is 1. The molecule has 0 aliphatic heterocycles. The largest absolute Gasteiger partial charge is 0.433 e. The maximum Gasteiger partial charge on any atom is 0.433 e. The molecule has 1 aromatic heterocycles. The molecule has 1 aliphatic carbocycles. The average molecular weight is 397 g/mol. The summed E-state index contributed by atoms with van der Waals surface area (Å²) in [5.41, 5.74) is -4.47. The Morgan fingerprint density at radius 3 is 2.25 bits per heavy atom. The molecule has 1 aliphatic rings. The summed E-state index contributed by atoms with van der Waals surface area (Å²) in [5.74, 6) is 0. The third-order valence-electron chi connectivity index (χ3n) is 5.10. The van der Waals surface area contributed by atoms with E-state index in [-0.39, 0.29) is 17.4 Å². The molecule has 2 nitrogen and oxygen atoms in total. The van der Waals surface area contributed by atoms with Gasteiger partial charge in [0, 0.05) is 5.39 Å². The molecular weight excluding hydrogens is 384 g/mol. The van der Waals surface area contributed by atoms with Crippen molar-refractivity contribution in [3.05, 3.63) is 76.5 Å². The van der Waals surface area contributed by atoms with E-state index in [4.69, 9.17) is 0 Å². The molecule has 1 unspecified atom stereocenters. The second-order valence-electron chi connectivity index (χ2n) is 6.77. The van der Waals surface area contributed by atoms with Crippen molar-refractivity contribution in [1.29, 1.82) is 0 Å². The van der Waals surface area contributed by atoms with Crippen LogP contribution < -0.4 is 0 Å². The van der Waals surface area contributed by atoms with Crippen molar-refractivity contribution in [2.24, 2.45) is 0 Å². The average Bonchev–Trinajstić information content (AvgIpc) is 2.97. The van der Waals surface area contributed by atoms with Gasteiger partial charge in [-0.1, -0.05) is 36.4 Å². The molecule has 1 heterocycles. The number of fused-ring (bicyclic) bond motifs is 2. The van der Waals surface area contributed by atoms with Crippen molar-refractivity contribution in [2.45, 2.75) is 30.8 Å². The third-order valence-corrected chi connectivity index (χ3v) is 5.10. The zero-order chi connectivity index (χ0) is 20.3. The lowest BCUT2D eigenvalue weighted by molar-refractivity contribution is -0.142. The summed E-state index contributed by atoms with van der Waals surface area (Å²) in [4.78, 5) is 3.28. The first-order valence-corrected chi connectivity index (χ1v) is 8.41. The highest BCUT2D eigenvalue weighted by Gasteiger charge is 2.43. The minimum absolute atomic E-state index is 0.0685. The van der Waals surface area contributed by atoms with Gasteiger partial charge in [-0.2, -0.15) is 26.3 Å². The molecule has 0 saturated heterocycles. The van der Waals surface area contributed by atoms with Crippen molar-refractivity contribution >= 4 is 10.9 Å². The number of aryl methyl sites for hydroxylation is 1. The van der Waals surface area contributed by atoms with E-state index >= 15 is 0 Å². The summed E-state index contributed by atoms with van der Waals surface area (Å²) in [7, 11) is 0. The summed E-state index contributed by atoms with van der Waals surface area (Å²) in [5, 5.41) is 11.2. The Labute approximate surface area is 155 Å². The number of nitrogens with zero attached hydrogens (tertiary/aromatic N) is 1. The maximum absolute atomic E-state index is 13.4. The predicted octanol–water partition coefficient (Wildman–Crippen LogP) is 5.45. The topological polar surface area (TPSA) is 33.1 Å². The Morgan fingerprint density at radius 1 is 0.857 bits per heavy atom. The highest BCUT2D eigenvalue weighted by atomic mass is 19.4. The Bertz CT molecular complexity index is 1070. The van der Waals surface area contributed by atoms with Gasteiger partial charge in [-0.15, -0.1) is 0 Å². The summed E-state index contributed by atoms with van der Waals surface area (Å²) < 4.78 is 80.4. The molecule has 0 radical (unpaired) electrons. The summed E-state index contributed by atoms with van der Waals surface area (Å²) in [6, 6.07) is 10.4. The molecule has 0 amide bonds. The van der Waals surface area contributed by atoms with Gasteiger partial charge in [0.15, 0.2) is 0 Å². The Hall–Kier alpha value is -2.61. The lowest BCUT2D eigenvalue weighted by atomic mass is 9.84. The van der Waals surface area contributed by atoms with Crippen LogP contribution in [0.1, 0.15) is 34.4 Å². The van der Waals surface area contributed by atoms with Crippen LogP contribution in [0.2, 0.25) is 0 Å². The van der Waals surface area contributed by atoms with Crippen LogP contribution in [0.5, 0.6) is 0 Å². The fourth-order valence-electron chi connectivity index (χ4n) is 3.84. The van der Waals surface area contributed by atoms with Crippen LogP contribution in [0.25, 0.3) is 10.9 Å². The predicted molar refractivity (Wildman–Crippen MR) is 89.5 cm³/mol. The van der Waals surface area contributed by atoms with Gasteiger partial charge in [-0.05, 0) is 41.7 Å². The normalized spacial score (nSPS) is 19.8. The molecule has 1 N–H and O–H groups in total. The van der Waals surface area contributed by atoms with E-state index in [1.807, 2.05) is 0 Å². The first-order valence-electron chi connectivity index (χ1n) is 8.41. The standard InChI is InChI=1S/C20H13F6NO/c21-19(22,23)14-7-3-5-12-15(10-16(20(24,25)26)27-17(12)14)18(28)9-8-11-4-1-2-6-13(11)18/h1-7,10,28H,8-9H2. The molecule has 3 aromatic rings. The van der Waals surface area contributed by atoms with Gasteiger partial charge >= 0.3 is 12.4 Å². The fraction of sp³-hybridized carbons (Fsp3) is 0.250. The second kappa shape index (κ2) is 5.94. The fourth-order valence-corrected chi connectivity index (χ4v) is 3.84. The van der Waals surface area contributed by atoms with Gasteiger partial charge in [0.1, 0.15) is 11.3 Å². The van der Waals surface area contributed by atoms with Gasteiger partial charge < -0.3 is 5.11 Å². The molecule has 0 spiro atoms. The van der Waals surface area contributed by atoms with Crippen LogP contribution >= 0.6 is 0 Å². The Kier molecular flexibility index (Phi) is 3.98. The van der Waals surface area contributed by atoms with Gasteiger partial charge in [-0.3, -0.25) is 0 Å². The van der Waals surface area contributed by atoms with Crippen LogP contribution in [0.15, 0.2) is 48.5 Å². The van der Waals surface area contributed by atoms with Crippen LogP contribution in [0, 0.1) is 0 Å². The molecule has 4 rings (SSSR count). The monoisotopic (exact) mass is 397 g/mol. The van der Waals surface area contributed by atoms with E-state index in [0.29, 0.717) is 24.1 Å². The van der Waals surface area contributed by atoms with Crippen molar-refractivity contribution in [3.8, 4) is 0 Å². The second-order valence-corrected chi connectivity index (χ2v) is 6.77. The molecule has 0 bridgehead atoms. The lowest BCUT2D eigenvalue weighted by Gasteiger charge is -2.27. The van der Waals surface area contributed by atoms with Crippen LogP contribution in [0.4, 0.5) is 26.3 Å². The zero-order valence-electron chi connectivity index (χ0n) is 14.2.